The van der Waals surface area contributed by atoms with Gasteiger partial charge in [-0.3, -0.25) is 15.1 Å². The van der Waals surface area contributed by atoms with Crippen LogP contribution in [-0.4, -0.2) is 36.1 Å². The number of hydrazine groups is 1. The molecular formula is C15H23N3O2. The Morgan fingerprint density at radius 1 is 1.40 bits per heavy atom. The summed E-state index contributed by atoms with van der Waals surface area (Å²) < 4.78 is 5.54. The first kappa shape index (κ1) is 15.0. The maximum absolute atomic E-state index is 11.5. The summed E-state index contributed by atoms with van der Waals surface area (Å²) >= 11 is 0. The third kappa shape index (κ3) is 3.56. The van der Waals surface area contributed by atoms with Gasteiger partial charge in [0.05, 0.1) is 19.6 Å². The Morgan fingerprint density at radius 3 is 2.75 bits per heavy atom. The van der Waals surface area contributed by atoms with Crippen LogP contribution in [0.4, 0.5) is 0 Å². The number of carbonyl (C=O) groups excluding carboxylic acids is 1. The molecule has 1 heterocycles. The van der Waals surface area contributed by atoms with Crippen molar-refractivity contribution in [2.45, 2.75) is 32.4 Å². The molecule has 1 fully saturated rings. The van der Waals surface area contributed by atoms with Gasteiger partial charge in [-0.15, -0.1) is 0 Å². The van der Waals surface area contributed by atoms with Crippen molar-refractivity contribution in [1.29, 1.82) is 0 Å². The lowest BCUT2D eigenvalue weighted by atomic mass is 9.98. The van der Waals surface area contributed by atoms with Crippen LogP contribution in [0.1, 0.15) is 25.0 Å². The van der Waals surface area contributed by atoms with Gasteiger partial charge in [0.15, 0.2) is 0 Å². The molecular weight excluding hydrogens is 254 g/mol. The van der Waals surface area contributed by atoms with Crippen LogP contribution in [0.5, 0.6) is 0 Å². The maximum atomic E-state index is 11.5. The quantitative estimate of drug-likeness (QED) is 0.486. The van der Waals surface area contributed by atoms with Crippen LogP contribution in [0, 0.1) is 0 Å². The molecule has 3 N–H and O–H groups in total. The fourth-order valence-corrected chi connectivity index (χ4v) is 2.50. The minimum absolute atomic E-state index is 0.0154. The van der Waals surface area contributed by atoms with Gasteiger partial charge in [-0.25, -0.2) is 5.84 Å². The van der Waals surface area contributed by atoms with Crippen molar-refractivity contribution >= 4 is 5.91 Å². The molecule has 0 aliphatic carbocycles. The standard InChI is InChI=1S/C15H23N3O2/c1-15(2)11-20-8-7-18(15)10-13-6-4-3-5-12(13)9-14(19)17-16/h3-6H,7-11,16H2,1-2H3,(H,17,19). The maximum Gasteiger partial charge on any atom is 0.238 e. The van der Waals surface area contributed by atoms with Gasteiger partial charge < -0.3 is 4.74 Å². The highest BCUT2D eigenvalue weighted by molar-refractivity contribution is 5.78. The van der Waals surface area contributed by atoms with Gasteiger partial charge in [-0.05, 0) is 25.0 Å². The smallest absolute Gasteiger partial charge is 0.238 e. The zero-order valence-electron chi connectivity index (χ0n) is 12.2. The topological polar surface area (TPSA) is 67.6 Å². The number of hydrogen-bond acceptors (Lipinski definition) is 4. The highest BCUT2D eigenvalue weighted by Gasteiger charge is 2.30. The van der Waals surface area contributed by atoms with Crippen LogP contribution >= 0.6 is 0 Å². The number of morpholine rings is 1. The lowest BCUT2D eigenvalue weighted by Crippen LogP contribution is -2.52. The van der Waals surface area contributed by atoms with Crippen LogP contribution in [0.25, 0.3) is 0 Å². The molecule has 0 bridgehead atoms. The van der Waals surface area contributed by atoms with Crippen molar-refractivity contribution in [2.75, 3.05) is 19.8 Å². The summed E-state index contributed by atoms with van der Waals surface area (Å²) in [6.45, 7) is 7.59. The fraction of sp³-hybridized carbons (Fsp3) is 0.533. The summed E-state index contributed by atoms with van der Waals surface area (Å²) in [4.78, 5) is 13.9. The van der Waals surface area contributed by atoms with E-state index in [9.17, 15) is 4.79 Å². The molecule has 0 unspecified atom stereocenters. The largest absolute Gasteiger partial charge is 0.378 e. The molecule has 5 heteroatoms. The first-order valence-electron chi connectivity index (χ1n) is 6.92. The Hall–Kier alpha value is -1.43. The summed E-state index contributed by atoms with van der Waals surface area (Å²) in [5.41, 5.74) is 4.40. The molecule has 1 aromatic rings. The van der Waals surface area contributed by atoms with Crippen molar-refractivity contribution in [2.24, 2.45) is 5.84 Å². The van der Waals surface area contributed by atoms with Gasteiger partial charge in [0.1, 0.15) is 0 Å². The third-order valence-corrected chi connectivity index (χ3v) is 3.81. The molecule has 20 heavy (non-hydrogen) atoms. The molecule has 1 aliphatic heterocycles. The van der Waals surface area contributed by atoms with Gasteiger partial charge in [0.2, 0.25) is 5.91 Å². The number of ether oxygens (including phenoxy) is 1. The van der Waals surface area contributed by atoms with Gasteiger partial charge in [0, 0.05) is 18.6 Å². The molecule has 1 aliphatic rings. The second-order valence-electron chi connectivity index (χ2n) is 5.80. The predicted octanol–water partition coefficient (Wildman–Crippen LogP) is 0.830. The van der Waals surface area contributed by atoms with E-state index in [1.54, 1.807) is 0 Å². The van der Waals surface area contributed by atoms with E-state index < -0.39 is 0 Å². The molecule has 1 amide bonds. The van der Waals surface area contributed by atoms with Crippen LogP contribution in [0.2, 0.25) is 0 Å². The van der Waals surface area contributed by atoms with Crippen LogP contribution < -0.4 is 11.3 Å². The number of nitrogens with zero attached hydrogens (tertiary/aromatic N) is 1. The van der Waals surface area contributed by atoms with Crippen molar-refractivity contribution in [3.63, 3.8) is 0 Å². The monoisotopic (exact) mass is 277 g/mol. The molecule has 0 aromatic heterocycles. The number of amides is 1. The zero-order chi connectivity index (χ0) is 14.6. The first-order chi connectivity index (χ1) is 9.53. The Morgan fingerprint density at radius 2 is 2.10 bits per heavy atom. The Balaban J connectivity index is 2.14. The van der Waals surface area contributed by atoms with Crippen molar-refractivity contribution in [3.8, 4) is 0 Å². The fourth-order valence-electron chi connectivity index (χ4n) is 2.50. The number of nitrogens with two attached hydrogens (primary N) is 1. The molecule has 1 aromatic carbocycles. The molecule has 0 spiro atoms. The van der Waals surface area contributed by atoms with Crippen molar-refractivity contribution in [3.05, 3.63) is 35.4 Å². The van der Waals surface area contributed by atoms with E-state index in [2.05, 4.69) is 30.2 Å². The third-order valence-electron chi connectivity index (χ3n) is 3.81. The number of benzene rings is 1. The lowest BCUT2D eigenvalue weighted by molar-refractivity contribution is -0.120. The number of carbonyl (C=O) groups is 1. The first-order valence-corrected chi connectivity index (χ1v) is 6.92. The van der Waals surface area contributed by atoms with E-state index in [1.165, 1.54) is 5.56 Å². The molecule has 5 nitrogen and oxygen atoms in total. The summed E-state index contributed by atoms with van der Waals surface area (Å²) in [6, 6.07) is 8.02. The van der Waals surface area contributed by atoms with E-state index in [-0.39, 0.29) is 11.4 Å². The minimum atomic E-state index is -0.168. The summed E-state index contributed by atoms with van der Waals surface area (Å²) in [5, 5.41) is 0. The highest BCUT2D eigenvalue weighted by atomic mass is 16.5. The Bertz CT molecular complexity index is 474. The van der Waals surface area contributed by atoms with E-state index in [4.69, 9.17) is 10.6 Å². The molecule has 0 radical (unpaired) electrons. The SMILES string of the molecule is CC1(C)COCCN1Cc1ccccc1CC(=O)NN. The molecule has 0 saturated carbocycles. The van der Waals surface area contributed by atoms with Crippen LogP contribution in [0.3, 0.4) is 0 Å². The molecule has 1 saturated heterocycles. The average Bonchev–Trinajstić information content (AvgIpc) is 2.43. The van der Waals surface area contributed by atoms with Crippen molar-refractivity contribution in [1.82, 2.24) is 10.3 Å². The van der Waals surface area contributed by atoms with Crippen LogP contribution in [0.15, 0.2) is 24.3 Å². The summed E-state index contributed by atoms with van der Waals surface area (Å²) in [5.74, 6) is 5.00. The zero-order valence-corrected chi connectivity index (χ0v) is 12.2. The highest BCUT2D eigenvalue weighted by Crippen LogP contribution is 2.23. The molecule has 0 atom stereocenters. The summed E-state index contributed by atoms with van der Waals surface area (Å²) in [6.07, 6.45) is 0.317. The summed E-state index contributed by atoms with van der Waals surface area (Å²) in [7, 11) is 0. The average molecular weight is 277 g/mol. The van der Waals surface area contributed by atoms with Crippen LogP contribution in [-0.2, 0) is 22.5 Å². The Labute approximate surface area is 120 Å². The normalized spacial score (nSPS) is 18.8. The second kappa shape index (κ2) is 6.35. The number of hydrogen-bond donors (Lipinski definition) is 2. The van der Waals surface area contributed by atoms with E-state index in [1.807, 2.05) is 18.2 Å². The number of nitrogens with one attached hydrogen (secondary N) is 1. The van der Waals surface area contributed by atoms with Crippen molar-refractivity contribution < 1.29 is 9.53 Å². The van der Waals surface area contributed by atoms with Gasteiger partial charge in [-0.2, -0.15) is 0 Å². The van der Waals surface area contributed by atoms with Gasteiger partial charge >= 0.3 is 0 Å². The van der Waals surface area contributed by atoms with Gasteiger partial charge in [-0.1, -0.05) is 24.3 Å². The second-order valence-corrected chi connectivity index (χ2v) is 5.80. The number of rotatable bonds is 4. The Kier molecular flexibility index (Phi) is 4.75. The lowest BCUT2D eigenvalue weighted by Gasteiger charge is -2.42. The molecule has 2 rings (SSSR count). The van der Waals surface area contributed by atoms with Gasteiger partial charge in [0.25, 0.3) is 0 Å². The van der Waals surface area contributed by atoms with E-state index in [0.717, 1.165) is 31.9 Å². The van der Waals surface area contributed by atoms with E-state index >= 15 is 0 Å². The predicted molar refractivity (Wildman–Crippen MR) is 77.8 cm³/mol. The molecule has 110 valence electrons. The minimum Gasteiger partial charge on any atom is -0.378 e. The van der Waals surface area contributed by atoms with E-state index in [0.29, 0.717) is 6.42 Å².